The number of benzene rings is 7. The van der Waals surface area contributed by atoms with E-state index >= 15 is 0 Å². The zero-order valence-electron chi connectivity index (χ0n) is 29.8. The van der Waals surface area contributed by atoms with Crippen molar-refractivity contribution >= 4 is 28.2 Å². The summed E-state index contributed by atoms with van der Waals surface area (Å²) in [5, 5.41) is 0. The standard InChI is InChI=1S/C49H38N2O/c1-48(2)41-16-10-8-14-37(41)39-25-22-34(28-43(39)48)51(35-23-26-40-38-15-9-11-17-42(38)49(3,4)44(40)29-35)36-24-27-45-46(30-36)52-47(50-45)33-20-18-32(19-21-33)31-12-6-5-7-13-31/h5-30H,1-4H3. The van der Waals surface area contributed by atoms with Crippen molar-refractivity contribution in [3.05, 3.63) is 180 Å². The molecule has 1 aromatic heterocycles. The van der Waals surface area contributed by atoms with Gasteiger partial charge in [-0.15, -0.1) is 0 Å². The second-order valence-corrected chi connectivity index (χ2v) is 15.3. The summed E-state index contributed by atoms with van der Waals surface area (Å²) in [6.45, 7) is 9.37. The molecule has 7 aromatic carbocycles. The first-order valence-corrected chi connectivity index (χ1v) is 18.1. The second-order valence-electron chi connectivity index (χ2n) is 15.3. The van der Waals surface area contributed by atoms with E-state index < -0.39 is 0 Å². The summed E-state index contributed by atoms with van der Waals surface area (Å²) in [6, 6.07) is 56.9. The molecule has 3 nitrogen and oxygen atoms in total. The van der Waals surface area contributed by atoms with Gasteiger partial charge < -0.3 is 9.32 Å². The Hall–Kier alpha value is -6.19. The Balaban J connectivity index is 1.10. The minimum atomic E-state index is -0.116. The van der Waals surface area contributed by atoms with Crippen LogP contribution < -0.4 is 4.90 Å². The lowest BCUT2D eigenvalue weighted by Crippen LogP contribution is -2.18. The summed E-state index contributed by atoms with van der Waals surface area (Å²) in [5.74, 6) is 0.618. The summed E-state index contributed by atoms with van der Waals surface area (Å²) in [5.41, 5.74) is 18.6. The average molecular weight is 671 g/mol. The molecule has 0 unspecified atom stereocenters. The van der Waals surface area contributed by atoms with E-state index in [4.69, 9.17) is 9.40 Å². The highest BCUT2D eigenvalue weighted by Gasteiger charge is 2.37. The molecule has 0 atom stereocenters. The number of oxazole rings is 1. The van der Waals surface area contributed by atoms with E-state index in [1.807, 2.05) is 6.07 Å². The van der Waals surface area contributed by atoms with Crippen molar-refractivity contribution in [1.29, 1.82) is 0 Å². The van der Waals surface area contributed by atoms with E-state index in [2.05, 4.69) is 184 Å². The molecule has 0 spiro atoms. The molecule has 2 aliphatic rings. The summed E-state index contributed by atoms with van der Waals surface area (Å²) in [4.78, 5) is 7.31. The van der Waals surface area contributed by atoms with Crippen molar-refractivity contribution in [1.82, 2.24) is 4.98 Å². The SMILES string of the molecule is CC1(C)c2ccccc2-c2ccc(N(c3ccc4c(c3)C(C)(C)c3ccccc3-4)c3ccc4nc(-c5ccc(-c6ccccc6)cc5)oc4c3)cc21. The van der Waals surface area contributed by atoms with Crippen molar-refractivity contribution in [2.75, 3.05) is 4.90 Å². The summed E-state index contributed by atoms with van der Waals surface area (Å²) < 4.78 is 6.52. The van der Waals surface area contributed by atoms with Crippen LogP contribution in [0.2, 0.25) is 0 Å². The molecule has 250 valence electrons. The minimum absolute atomic E-state index is 0.116. The maximum atomic E-state index is 6.52. The smallest absolute Gasteiger partial charge is 0.227 e. The zero-order valence-corrected chi connectivity index (χ0v) is 29.8. The van der Waals surface area contributed by atoms with Gasteiger partial charge in [0, 0.05) is 39.5 Å². The van der Waals surface area contributed by atoms with Gasteiger partial charge in [0.1, 0.15) is 5.52 Å². The lowest BCUT2D eigenvalue weighted by Gasteiger charge is -2.29. The molecule has 0 amide bonds. The molecule has 3 heteroatoms. The molecule has 0 saturated heterocycles. The fraction of sp³-hybridized carbons (Fsp3) is 0.122. The maximum absolute atomic E-state index is 6.52. The van der Waals surface area contributed by atoms with Crippen LogP contribution in [-0.4, -0.2) is 4.98 Å². The molecule has 1 heterocycles. The summed E-state index contributed by atoms with van der Waals surface area (Å²) in [7, 11) is 0. The van der Waals surface area contributed by atoms with Crippen LogP contribution in [0.4, 0.5) is 17.1 Å². The van der Waals surface area contributed by atoms with Gasteiger partial charge in [-0.1, -0.05) is 131 Å². The highest BCUT2D eigenvalue weighted by atomic mass is 16.3. The van der Waals surface area contributed by atoms with E-state index in [1.165, 1.54) is 55.6 Å². The van der Waals surface area contributed by atoms with Crippen LogP contribution in [-0.2, 0) is 10.8 Å². The van der Waals surface area contributed by atoms with Crippen LogP contribution in [0.15, 0.2) is 162 Å². The van der Waals surface area contributed by atoms with E-state index in [0.29, 0.717) is 5.89 Å². The number of anilines is 3. The third kappa shape index (κ3) is 4.55. The van der Waals surface area contributed by atoms with Crippen molar-refractivity contribution in [3.8, 4) is 44.8 Å². The summed E-state index contributed by atoms with van der Waals surface area (Å²) in [6.07, 6.45) is 0. The van der Waals surface area contributed by atoms with Gasteiger partial charge in [0.15, 0.2) is 5.58 Å². The first-order valence-electron chi connectivity index (χ1n) is 18.1. The molecule has 52 heavy (non-hydrogen) atoms. The zero-order chi connectivity index (χ0) is 35.2. The van der Waals surface area contributed by atoms with Gasteiger partial charge in [-0.3, -0.25) is 0 Å². The van der Waals surface area contributed by atoms with Crippen molar-refractivity contribution < 1.29 is 4.42 Å². The van der Waals surface area contributed by atoms with Crippen LogP contribution >= 0.6 is 0 Å². The van der Waals surface area contributed by atoms with Crippen molar-refractivity contribution in [3.63, 3.8) is 0 Å². The maximum Gasteiger partial charge on any atom is 0.227 e. The van der Waals surface area contributed by atoms with E-state index in [1.54, 1.807) is 0 Å². The van der Waals surface area contributed by atoms with E-state index in [-0.39, 0.29) is 10.8 Å². The largest absolute Gasteiger partial charge is 0.436 e. The molecule has 0 saturated carbocycles. The molecule has 0 N–H and O–H groups in total. The number of rotatable bonds is 5. The topological polar surface area (TPSA) is 29.3 Å². The van der Waals surface area contributed by atoms with Crippen LogP contribution in [0.1, 0.15) is 49.9 Å². The van der Waals surface area contributed by atoms with Gasteiger partial charge in [0.05, 0.1) is 0 Å². The van der Waals surface area contributed by atoms with Crippen molar-refractivity contribution in [2.45, 2.75) is 38.5 Å². The molecular weight excluding hydrogens is 633 g/mol. The molecular formula is C49H38N2O. The van der Waals surface area contributed by atoms with Gasteiger partial charge in [-0.25, -0.2) is 4.98 Å². The Morgan fingerprint density at radius 2 is 0.885 bits per heavy atom. The van der Waals surface area contributed by atoms with Gasteiger partial charge in [-0.2, -0.15) is 0 Å². The molecule has 0 radical (unpaired) electrons. The third-order valence-electron chi connectivity index (χ3n) is 11.5. The monoisotopic (exact) mass is 670 g/mol. The fourth-order valence-corrected chi connectivity index (χ4v) is 8.72. The second kappa shape index (κ2) is 11.2. The van der Waals surface area contributed by atoms with E-state index in [0.717, 1.165) is 33.7 Å². The highest BCUT2D eigenvalue weighted by Crippen LogP contribution is 2.53. The van der Waals surface area contributed by atoms with Gasteiger partial charge in [0.25, 0.3) is 0 Å². The predicted molar refractivity (Wildman–Crippen MR) is 215 cm³/mol. The average Bonchev–Trinajstić information content (AvgIpc) is 3.78. The Kier molecular flexibility index (Phi) is 6.57. The quantitative estimate of drug-likeness (QED) is 0.182. The molecule has 0 bridgehead atoms. The van der Waals surface area contributed by atoms with Crippen LogP contribution in [0.5, 0.6) is 0 Å². The normalized spacial score (nSPS) is 14.5. The molecule has 0 fully saturated rings. The van der Waals surface area contributed by atoms with Gasteiger partial charge >= 0.3 is 0 Å². The summed E-state index contributed by atoms with van der Waals surface area (Å²) >= 11 is 0. The Labute approximate surface area is 304 Å². The molecule has 8 aromatic rings. The van der Waals surface area contributed by atoms with E-state index in [9.17, 15) is 0 Å². The third-order valence-corrected chi connectivity index (χ3v) is 11.5. The lowest BCUT2D eigenvalue weighted by atomic mass is 9.82. The number of aromatic nitrogens is 1. The Bertz CT molecular complexity index is 2570. The van der Waals surface area contributed by atoms with Crippen LogP contribution in [0.3, 0.4) is 0 Å². The van der Waals surface area contributed by atoms with Gasteiger partial charge in [-0.05, 0) is 104 Å². The van der Waals surface area contributed by atoms with Crippen LogP contribution in [0.25, 0.3) is 55.9 Å². The van der Waals surface area contributed by atoms with Crippen LogP contribution in [0, 0.1) is 0 Å². The number of fused-ring (bicyclic) bond motifs is 7. The Morgan fingerprint density at radius 1 is 0.423 bits per heavy atom. The first kappa shape index (κ1) is 30.6. The first-order chi connectivity index (χ1) is 25.3. The molecule has 0 aliphatic heterocycles. The fourth-order valence-electron chi connectivity index (χ4n) is 8.72. The predicted octanol–water partition coefficient (Wildman–Crippen LogP) is 13.2. The van der Waals surface area contributed by atoms with Crippen molar-refractivity contribution in [2.24, 2.45) is 0 Å². The highest BCUT2D eigenvalue weighted by molar-refractivity contribution is 5.90. The van der Waals surface area contributed by atoms with Gasteiger partial charge in [0.2, 0.25) is 5.89 Å². The number of nitrogens with zero attached hydrogens (tertiary/aromatic N) is 2. The Morgan fingerprint density at radius 3 is 1.48 bits per heavy atom. The lowest BCUT2D eigenvalue weighted by molar-refractivity contribution is 0.620. The molecule has 2 aliphatic carbocycles. The molecule has 10 rings (SSSR count). The minimum Gasteiger partial charge on any atom is -0.436 e. The number of hydrogen-bond acceptors (Lipinski definition) is 3. The number of hydrogen-bond donors (Lipinski definition) is 0.